The lowest BCUT2D eigenvalue weighted by atomic mass is 9.72. The van der Waals surface area contributed by atoms with E-state index in [0.29, 0.717) is 23.8 Å². The molecule has 7 rings (SSSR count). The van der Waals surface area contributed by atoms with Gasteiger partial charge in [-0.3, -0.25) is 9.59 Å². The minimum absolute atomic E-state index is 0.0213. The lowest BCUT2D eigenvalue weighted by molar-refractivity contribution is -0.134. The molecule has 4 bridgehead atoms. The molecule has 11 heteroatoms. The summed E-state index contributed by atoms with van der Waals surface area (Å²) in [5.74, 6) is -1.19. The molecular formula is C36H37N3O8. The Kier molecular flexibility index (Phi) is 7.54. The van der Waals surface area contributed by atoms with E-state index in [1.165, 1.54) is 13.4 Å². The quantitative estimate of drug-likeness (QED) is 0.248. The van der Waals surface area contributed by atoms with Gasteiger partial charge < -0.3 is 28.7 Å². The summed E-state index contributed by atoms with van der Waals surface area (Å²) in [6.45, 7) is 7.54. The molecule has 5 heterocycles. The number of oxazole rings is 2. The third-order valence-corrected chi connectivity index (χ3v) is 9.74. The first-order chi connectivity index (χ1) is 22.5. The highest BCUT2D eigenvalue weighted by Gasteiger charge is 2.61. The van der Waals surface area contributed by atoms with Crippen LogP contribution in [0, 0.1) is 17.8 Å². The molecular weight excluding hydrogens is 602 g/mol. The minimum Gasteiger partial charge on any atom is -0.469 e. The average Bonchev–Trinajstić information content (AvgIpc) is 3.83. The van der Waals surface area contributed by atoms with Crippen molar-refractivity contribution in [3.63, 3.8) is 0 Å². The molecule has 3 aliphatic heterocycles. The van der Waals surface area contributed by atoms with E-state index in [1.54, 1.807) is 13.8 Å². The van der Waals surface area contributed by atoms with Gasteiger partial charge in [0.1, 0.15) is 29.3 Å². The monoisotopic (exact) mass is 639 g/mol. The lowest BCUT2D eigenvalue weighted by Crippen LogP contribution is -2.40. The Morgan fingerprint density at radius 2 is 1.87 bits per heavy atom. The molecule has 1 unspecified atom stereocenters. The number of ether oxygens (including phenoxy) is 2. The number of ketones is 2. The molecule has 2 N–H and O–H groups in total. The van der Waals surface area contributed by atoms with E-state index >= 15 is 0 Å². The summed E-state index contributed by atoms with van der Waals surface area (Å²) >= 11 is 0. The van der Waals surface area contributed by atoms with E-state index in [9.17, 15) is 19.5 Å². The van der Waals surface area contributed by atoms with Gasteiger partial charge in [-0.05, 0) is 41.5 Å². The maximum atomic E-state index is 14.1. The van der Waals surface area contributed by atoms with E-state index in [4.69, 9.17) is 23.3 Å². The number of nitrogens with zero attached hydrogens (tertiary/aromatic N) is 2. The third kappa shape index (κ3) is 4.86. The van der Waals surface area contributed by atoms with E-state index in [2.05, 4.69) is 10.3 Å². The summed E-state index contributed by atoms with van der Waals surface area (Å²) in [6, 6.07) is 13.7. The zero-order chi connectivity index (χ0) is 33.2. The van der Waals surface area contributed by atoms with Crippen LogP contribution < -0.4 is 10.1 Å². The molecule has 0 aliphatic carbocycles. The third-order valence-electron chi connectivity index (χ3n) is 9.74. The van der Waals surface area contributed by atoms with Gasteiger partial charge >= 0.3 is 5.97 Å². The number of aliphatic hydroxyl groups excluding tert-OH is 1. The number of Topliss-reactive ketones (excluding diaryl/α,β-unsaturated/α-hetero) is 2. The van der Waals surface area contributed by atoms with Crippen LogP contribution in [0.25, 0.3) is 11.6 Å². The number of aromatic nitrogens is 2. The van der Waals surface area contributed by atoms with Crippen LogP contribution in [0.2, 0.25) is 0 Å². The van der Waals surface area contributed by atoms with Crippen LogP contribution in [-0.4, -0.2) is 52.1 Å². The number of fused-ring (bicyclic) bond motifs is 4. The molecule has 0 fully saturated rings. The molecule has 0 radical (unpaired) electrons. The molecule has 5 atom stereocenters. The normalized spacial score (nSPS) is 23.3. The van der Waals surface area contributed by atoms with Crippen LogP contribution in [0.4, 0.5) is 5.69 Å². The molecule has 0 saturated carbocycles. The van der Waals surface area contributed by atoms with E-state index in [-0.39, 0.29) is 53.5 Å². The fraction of sp³-hybridized carbons (Fsp3) is 0.417. The standard InChI is InChI=1S/C36H37N3O8/c1-17(2)21-15-26(40)20(14-27(41)30(42)18(3)4)12-19-10-11-28-23(13-19)36(22-8-6-7-9-24(22)38-35(36)46-28)31-29(39-32(21)47-31)33-37-25(16-45-33)34(43)44-5/h6-11,13,16-18,20-21,30,35,38,42H,12,14-15H2,1-5H3/t20-,21+,30+,35?,36+/m1/s1. The number of anilines is 1. The van der Waals surface area contributed by atoms with Gasteiger partial charge in [0, 0.05) is 35.9 Å². The molecule has 2 aromatic carbocycles. The van der Waals surface area contributed by atoms with Gasteiger partial charge in [-0.15, -0.1) is 0 Å². The number of rotatable bonds is 7. The fourth-order valence-electron chi connectivity index (χ4n) is 7.15. The topological polar surface area (TPSA) is 154 Å². The van der Waals surface area contributed by atoms with Crippen LogP contribution in [-0.2, 0) is 26.2 Å². The number of aliphatic hydroxyl groups is 1. The second kappa shape index (κ2) is 11.5. The van der Waals surface area contributed by atoms with Gasteiger partial charge in [0.15, 0.2) is 35.0 Å². The number of esters is 1. The predicted molar refractivity (Wildman–Crippen MR) is 169 cm³/mol. The first-order valence-electron chi connectivity index (χ1n) is 16.0. The molecule has 47 heavy (non-hydrogen) atoms. The number of hydrogen-bond donors (Lipinski definition) is 2. The highest BCUT2D eigenvalue weighted by atomic mass is 16.5. The Hall–Kier alpha value is -4.77. The number of carbonyl (C=O) groups excluding carboxylic acids is 3. The maximum Gasteiger partial charge on any atom is 0.360 e. The molecule has 1 spiro atoms. The van der Waals surface area contributed by atoms with Gasteiger partial charge in [0.25, 0.3) is 0 Å². The Labute approximate surface area is 271 Å². The van der Waals surface area contributed by atoms with Crippen molar-refractivity contribution in [3.05, 3.63) is 82.8 Å². The van der Waals surface area contributed by atoms with Crippen molar-refractivity contribution in [3.8, 4) is 17.3 Å². The summed E-state index contributed by atoms with van der Waals surface area (Å²) in [6.07, 6.45) is -0.263. The Morgan fingerprint density at radius 3 is 2.62 bits per heavy atom. The smallest absolute Gasteiger partial charge is 0.360 e. The number of nitrogens with one attached hydrogen (secondary N) is 1. The van der Waals surface area contributed by atoms with Crippen molar-refractivity contribution in [2.45, 2.75) is 70.6 Å². The second-order valence-electron chi connectivity index (χ2n) is 13.4. The van der Waals surface area contributed by atoms with E-state index in [0.717, 1.165) is 22.4 Å². The molecule has 4 aromatic rings. The van der Waals surface area contributed by atoms with Crippen molar-refractivity contribution >= 4 is 23.2 Å². The number of benzene rings is 2. The van der Waals surface area contributed by atoms with Crippen molar-refractivity contribution in [2.24, 2.45) is 17.8 Å². The SMILES string of the molecule is COC(=O)c1coc(-c2nc3oc2[C@@]24c5ccccc5NC2Oc2ccc(cc24)C[C@H](CC(=O)[C@@H](O)C(C)C)C(=O)C[C@H]3C(C)C)n1. The van der Waals surface area contributed by atoms with Crippen LogP contribution >= 0.6 is 0 Å². The second-order valence-corrected chi connectivity index (χ2v) is 13.4. The number of para-hydroxylation sites is 1. The zero-order valence-electron chi connectivity index (χ0n) is 26.9. The summed E-state index contributed by atoms with van der Waals surface area (Å²) in [5, 5.41) is 14.1. The Balaban J connectivity index is 1.48. The largest absolute Gasteiger partial charge is 0.469 e. The number of methoxy groups -OCH3 is 1. The summed E-state index contributed by atoms with van der Waals surface area (Å²) < 4.78 is 24.1. The average molecular weight is 640 g/mol. The first kappa shape index (κ1) is 30.9. The first-order valence-corrected chi connectivity index (χ1v) is 16.0. The molecule has 244 valence electrons. The van der Waals surface area contributed by atoms with Gasteiger partial charge in [-0.2, -0.15) is 0 Å². The summed E-state index contributed by atoms with van der Waals surface area (Å²) in [5.41, 5.74) is 2.60. The van der Waals surface area contributed by atoms with Crippen LogP contribution in [0.15, 0.2) is 57.6 Å². The minimum atomic E-state index is -1.16. The van der Waals surface area contributed by atoms with Gasteiger partial charge in [-0.1, -0.05) is 58.0 Å². The predicted octanol–water partition coefficient (Wildman–Crippen LogP) is 5.44. The number of hydrogen-bond acceptors (Lipinski definition) is 11. The van der Waals surface area contributed by atoms with Gasteiger partial charge in [0.2, 0.25) is 5.89 Å². The van der Waals surface area contributed by atoms with Crippen LogP contribution in [0.1, 0.15) is 85.3 Å². The number of carbonyl (C=O) groups is 3. The van der Waals surface area contributed by atoms with E-state index < -0.39 is 35.6 Å². The van der Waals surface area contributed by atoms with Crippen LogP contribution in [0.3, 0.4) is 0 Å². The molecule has 2 aromatic heterocycles. The Bertz CT molecular complexity index is 1890. The molecule has 11 nitrogen and oxygen atoms in total. The van der Waals surface area contributed by atoms with Crippen molar-refractivity contribution in [2.75, 3.05) is 12.4 Å². The van der Waals surface area contributed by atoms with E-state index in [1.807, 2.05) is 56.3 Å². The Morgan fingerprint density at radius 1 is 1.09 bits per heavy atom. The van der Waals surface area contributed by atoms with Crippen molar-refractivity contribution in [1.82, 2.24) is 9.97 Å². The van der Waals surface area contributed by atoms with Crippen molar-refractivity contribution in [1.29, 1.82) is 0 Å². The van der Waals surface area contributed by atoms with Crippen molar-refractivity contribution < 1.29 is 37.8 Å². The van der Waals surface area contributed by atoms with Gasteiger partial charge in [0.05, 0.1) is 7.11 Å². The maximum absolute atomic E-state index is 14.1. The van der Waals surface area contributed by atoms with Gasteiger partial charge in [-0.25, -0.2) is 14.8 Å². The summed E-state index contributed by atoms with van der Waals surface area (Å²) in [7, 11) is 1.27. The lowest BCUT2D eigenvalue weighted by Gasteiger charge is -2.28. The highest BCUT2D eigenvalue weighted by Crippen LogP contribution is 2.59. The summed E-state index contributed by atoms with van der Waals surface area (Å²) in [4.78, 5) is 49.1. The molecule has 3 aliphatic rings. The molecule has 0 amide bonds. The molecule has 0 saturated heterocycles. The van der Waals surface area contributed by atoms with Crippen LogP contribution in [0.5, 0.6) is 5.75 Å². The fourth-order valence-corrected chi connectivity index (χ4v) is 7.15. The highest BCUT2D eigenvalue weighted by molar-refractivity contribution is 5.91. The zero-order valence-corrected chi connectivity index (χ0v) is 26.9.